The number of hydrogen-bond acceptors (Lipinski definition) is 4. The largest absolute Gasteiger partial charge is 0.378 e. The van der Waals surface area contributed by atoms with E-state index in [0.29, 0.717) is 23.7 Å². The maximum Gasteiger partial charge on any atom is 0.243 e. The predicted molar refractivity (Wildman–Crippen MR) is 103 cm³/mol. The van der Waals surface area contributed by atoms with E-state index in [1.165, 1.54) is 16.4 Å². The number of Topliss-reactive ketones (excluding diaryl/α,β-unsaturated/α-hetero) is 1. The van der Waals surface area contributed by atoms with Gasteiger partial charge in [0.25, 0.3) is 0 Å². The highest BCUT2D eigenvalue weighted by Gasteiger charge is 2.25. The first-order valence-corrected chi connectivity index (χ1v) is 10.4. The molecule has 1 fully saturated rings. The summed E-state index contributed by atoms with van der Waals surface area (Å²) < 4.78 is 26.8. The smallest absolute Gasteiger partial charge is 0.243 e. The van der Waals surface area contributed by atoms with Crippen LogP contribution >= 0.6 is 11.6 Å². The van der Waals surface area contributed by atoms with Crippen LogP contribution in [0.4, 0.5) is 5.69 Å². The fourth-order valence-electron chi connectivity index (χ4n) is 2.95. The van der Waals surface area contributed by atoms with Gasteiger partial charge in [-0.05, 0) is 55.3 Å². The van der Waals surface area contributed by atoms with E-state index in [-0.39, 0.29) is 17.2 Å². The molecule has 1 aliphatic heterocycles. The Balaban J connectivity index is 1.65. The Morgan fingerprint density at radius 2 is 1.73 bits per heavy atom. The molecule has 1 aliphatic rings. The highest BCUT2D eigenvalue weighted by Crippen LogP contribution is 2.21. The number of piperidine rings is 1. The van der Waals surface area contributed by atoms with E-state index in [4.69, 9.17) is 11.6 Å². The normalized spacial score (nSPS) is 15.6. The molecule has 0 radical (unpaired) electrons. The third kappa shape index (κ3) is 4.44. The van der Waals surface area contributed by atoms with Gasteiger partial charge in [-0.1, -0.05) is 24.1 Å². The molecule has 5 nitrogen and oxygen atoms in total. The van der Waals surface area contributed by atoms with Crippen molar-refractivity contribution in [3.8, 4) is 0 Å². The molecular formula is C19H21ClN2O3S. The van der Waals surface area contributed by atoms with Crippen LogP contribution in [0.2, 0.25) is 5.02 Å². The number of carbonyl (C=O) groups excluding carboxylic acids is 1. The minimum Gasteiger partial charge on any atom is -0.378 e. The number of ketones is 1. The Morgan fingerprint density at radius 1 is 1.04 bits per heavy atom. The van der Waals surface area contributed by atoms with Crippen LogP contribution in [0, 0.1) is 0 Å². The van der Waals surface area contributed by atoms with Gasteiger partial charge in [0.15, 0.2) is 5.78 Å². The Kier molecular flexibility index (Phi) is 5.96. The Hall–Kier alpha value is -1.89. The second kappa shape index (κ2) is 8.20. The van der Waals surface area contributed by atoms with Gasteiger partial charge in [0, 0.05) is 29.4 Å². The van der Waals surface area contributed by atoms with E-state index in [0.717, 1.165) is 24.9 Å². The van der Waals surface area contributed by atoms with Crippen molar-refractivity contribution in [2.75, 3.05) is 25.0 Å². The number of halogens is 1. The summed E-state index contributed by atoms with van der Waals surface area (Å²) in [6.45, 7) is 1.23. The molecular weight excluding hydrogens is 372 g/mol. The van der Waals surface area contributed by atoms with Crippen LogP contribution in [0.5, 0.6) is 0 Å². The summed E-state index contributed by atoms with van der Waals surface area (Å²) in [5.74, 6) is -0.119. The molecule has 0 spiro atoms. The predicted octanol–water partition coefficient (Wildman–Crippen LogP) is 3.81. The van der Waals surface area contributed by atoms with Gasteiger partial charge in [-0.2, -0.15) is 4.31 Å². The van der Waals surface area contributed by atoms with Crippen LogP contribution in [0.15, 0.2) is 53.4 Å². The molecule has 2 aromatic carbocycles. The standard InChI is InChI=1S/C19H21ClN2O3S/c20-16-5-4-6-17(13-16)21-14-19(23)15-7-9-18(10-8-15)26(24,25)22-11-2-1-3-12-22/h4-10,13,21H,1-3,11-12,14H2. The number of benzene rings is 2. The topological polar surface area (TPSA) is 66.5 Å². The van der Waals surface area contributed by atoms with Crippen molar-refractivity contribution >= 4 is 33.1 Å². The first kappa shape index (κ1) is 18.9. The lowest BCUT2D eigenvalue weighted by Crippen LogP contribution is -2.35. The summed E-state index contributed by atoms with van der Waals surface area (Å²) in [6.07, 6.45) is 2.86. The monoisotopic (exact) mass is 392 g/mol. The molecule has 26 heavy (non-hydrogen) atoms. The zero-order valence-electron chi connectivity index (χ0n) is 14.3. The van der Waals surface area contributed by atoms with E-state index in [1.807, 2.05) is 6.07 Å². The summed E-state index contributed by atoms with van der Waals surface area (Å²) in [5, 5.41) is 3.61. The Bertz CT molecular complexity index is 876. The van der Waals surface area contributed by atoms with E-state index in [2.05, 4.69) is 5.32 Å². The molecule has 0 aromatic heterocycles. The minimum atomic E-state index is -3.47. The quantitative estimate of drug-likeness (QED) is 0.759. The van der Waals surface area contributed by atoms with Crippen molar-refractivity contribution in [1.82, 2.24) is 4.31 Å². The maximum absolute atomic E-state index is 12.6. The van der Waals surface area contributed by atoms with Crippen molar-refractivity contribution in [2.45, 2.75) is 24.2 Å². The number of hydrogen-bond donors (Lipinski definition) is 1. The average molecular weight is 393 g/mol. The Morgan fingerprint density at radius 3 is 2.38 bits per heavy atom. The highest BCUT2D eigenvalue weighted by molar-refractivity contribution is 7.89. The molecule has 0 atom stereocenters. The first-order chi connectivity index (χ1) is 12.5. The van der Waals surface area contributed by atoms with Gasteiger partial charge < -0.3 is 5.32 Å². The van der Waals surface area contributed by atoms with E-state index >= 15 is 0 Å². The summed E-state index contributed by atoms with van der Waals surface area (Å²) in [4.78, 5) is 12.5. The lowest BCUT2D eigenvalue weighted by atomic mass is 10.1. The van der Waals surface area contributed by atoms with Crippen LogP contribution < -0.4 is 5.32 Å². The van der Waals surface area contributed by atoms with Gasteiger partial charge in [-0.3, -0.25) is 4.79 Å². The second-order valence-electron chi connectivity index (χ2n) is 6.28. The molecule has 138 valence electrons. The number of anilines is 1. The fraction of sp³-hybridized carbons (Fsp3) is 0.316. The minimum absolute atomic E-state index is 0.110. The number of carbonyl (C=O) groups is 1. The van der Waals surface area contributed by atoms with Gasteiger partial charge in [0.2, 0.25) is 10.0 Å². The van der Waals surface area contributed by atoms with Crippen LogP contribution in [-0.4, -0.2) is 38.1 Å². The molecule has 0 amide bonds. The van der Waals surface area contributed by atoms with Crippen molar-refractivity contribution < 1.29 is 13.2 Å². The van der Waals surface area contributed by atoms with Gasteiger partial charge in [-0.15, -0.1) is 0 Å². The summed E-state index contributed by atoms with van der Waals surface area (Å²) in [5.41, 5.74) is 1.23. The van der Waals surface area contributed by atoms with Crippen LogP contribution in [0.25, 0.3) is 0 Å². The zero-order chi connectivity index (χ0) is 18.6. The van der Waals surface area contributed by atoms with Gasteiger partial charge >= 0.3 is 0 Å². The fourth-order valence-corrected chi connectivity index (χ4v) is 4.66. The first-order valence-electron chi connectivity index (χ1n) is 8.60. The van der Waals surface area contributed by atoms with Gasteiger partial charge in [0.05, 0.1) is 11.4 Å². The SMILES string of the molecule is O=C(CNc1cccc(Cl)c1)c1ccc(S(=O)(=O)N2CCCCC2)cc1. The zero-order valence-corrected chi connectivity index (χ0v) is 15.9. The number of sulfonamides is 1. The molecule has 0 bridgehead atoms. The average Bonchev–Trinajstić information content (AvgIpc) is 2.67. The molecule has 0 aliphatic carbocycles. The summed E-state index contributed by atoms with van der Waals surface area (Å²) >= 11 is 5.92. The van der Waals surface area contributed by atoms with E-state index in [1.54, 1.807) is 30.3 Å². The summed E-state index contributed by atoms with van der Waals surface area (Å²) in [7, 11) is -3.47. The number of nitrogens with one attached hydrogen (secondary N) is 1. The highest BCUT2D eigenvalue weighted by atomic mass is 35.5. The van der Waals surface area contributed by atoms with E-state index in [9.17, 15) is 13.2 Å². The molecule has 7 heteroatoms. The van der Waals surface area contributed by atoms with Crippen molar-refractivity contribution in [3.63, 3.8) is 0 Å². The lowest BCUT2D eigenvalue weighted by molar-refractivity contribution is 0.101. The third-order valence-electron chi connectivity index (χ3n) is 4.41. The molecule has 0 saturated carbocycles. The van der Waals surface area contributed by atoms with Gasteiger partial charge in [0.1, 0.15) is 0 Å². The van der Waals surface area contributed by atoms with Crippen molar-refractivity contribution in [3.05, 3.63) is 59.1 Å². The summed E-state index contributed by atoms with van der Waals surface area (Å²) in [6, 6.07) is 13.3. The lowest BCUT2D eigenvalue weighted by Gasteiger charge is -2.25. The maximum atomic E-state index is 12.6. The molecule has 3 rings (SSSR count). The molecule has 1 N–H and O–H groups in total. The van der Waals surface area contributed by atoms with Crippen molar-refractivity contribution in [2.24, 2.45) is 0 Å². The molecule has 1 saturated heterocycles. The van der Waals surface area contributed by atoms with Crippen LogP contribution in [0.3, 0.4) is 0 Å². The molecule has 2 aromatic rings. The Labute approximate surface area is 159 Å². The van der Waals surface area contributed by atoms with Crippen molar-refractivity contribution in [1.29, 1.82) is 0 Å². The number of rotatable bonds is 6. The molecule has 1 heterocycles. The van der Waals surface area contributed by atoms with Crippen LogP contribution in [0.1, 0.15) is 29.6 Å². The molecule has 0 unspecified atom stereocenters. The number of nitrogens with zero attached hydrogens (tertiary/aromatic N) is 1. The second-order valence-corrected chi connectivity index (χ2v) is 8.65. The van der Waals surface area contributed by atoms with Gasteiger partial charge in [-0.25, -0.2) is 8.42 Å². The third-order valence-corrected chi connectivity index (χ3v) is 6.55. The van der Waals surface area contributed by atoms with E-state index < -0.39 is 10.0 Å². The van der Waals surface area contributed by atoms with Crippen LogP contribution in [-0.2, 0) is 10.0 Å².